The predicted molar refractivity (Wildman–Crippen MR) is 46.4 cm³/mol. The van der Waals surface area contributed by atoms with E-state index in [-0.39, 0.29) is 0 Å². The third-order valence-electron chi connectivity index (χ3n) is 1.49. The highest BCUT2D eigenvalue weighted by atomic mass is 35.5. The van der Waals surface area contributed by atoms with Gasteiger partial charge >= 0.3 is 6.18 Å². The van der Waals surface area contributed by atoms with Crippen molar-refractivity contribution in [3.05, 3.63) is 32.3 Å². The van der Waals surface area contributed by atoms with Crippen molar-refractivity contribution in [1.29, 1.82) is 0 Å². The standard InChI is InChI=1S/C7Cl3F5/c8-2-1(7(13,14)15)3(9)6(12)4(10)5(2)11. The molecule has 0 aromatic heterocycles. The fourth-order valence-electron chi connectivity index (χ4n) is 0.854. The van der Waals surface area contributed by atoms with Crippen LogP contribution in [0.15, 0.2) is 0 Å². The van der Waals surface area contributed by atoms with Gasteiger partial charge < -0.3 is 0 Å². The summed E-state index contributed by atoms with van der Waals surface area (Å²) in [5, 5.41) is -3.86. The van der Waals surface area contributed by atoms with Crippen LogP contribution in [-0.4, -0.2) is 0 Å². The molecule has 0 spiro atoms. The number of benzene rings is 1. The van der Waals surface area contributed by atoms with Crippen LogP contribution in [0.25, 0.3) is 0 Å². The maximum atomic E-state index is 12.9. The van der Waals surface area contributed by atoms with Gasteiger partial charge in [0.2, 0.25) is 0 Å². The Morgan fingerprint density at radius 1 is 0.733 bits per heavy atom. The fraction of sp³-hybridized carbons (Fsp3) is 0.143. The minimum atomic E-state index is -5.06. The normalized spacial score (nSPS) is 12.0. The third-order valence-corrected chi connectivity index (χ3v) is 2.53. The summed E-state index contributed by atoms with van der Waals surface area (Å²) in [4.78, 5) is 0. The Hall–Kier alpha value is -0.260. The summed E-state index contributed by atoms with van der Waals surface area (Å²) in [6.07, 6.45) is -5.06. The molecule has 0 saturated heterocycles. The largest absolute Gasteiger partial charge is 0.419 e. The lowest BCUT2D eigenvalue weighted by atomic mass is 10.2. The molecule has 0 heterocycles. The van der Waals surface area contributed by atoms with Gasteiger partial charge in [-0.05, 0) is 0 Å². The zero-order valence-corrected chi connectivity index (χ0v) is 8.79. The minimum Gasteiger partial charge on any atom is -0.204 e. The fourth-order valence-corrected chi connectivity index (χ4v) is 1.78. The maximum absolute atomic E-state index is 12.9. The van der Waals surface area contributed by atoms with Crippen LogP contribution in [0, 0.1) is 11.6 Å². The zero-order chi connectivity index (χ0) is 12.0. The summed E-state index contributed by atoms with van der Waals surface area (Å²) < 4.78 is 62.6. The third kappa shape index (κ3) is 2.14. The van der Waals surface area contributed by atoms with Crippen LogP contribution in [0.2, 0.25) is 15.1 Å². The van der Waals surface area contributed by atoms with Crippen molar-refractivity contribution in [3.8, 4) is 0 Å². The molecule has 0 radical (unpaired) electrons. The Balaban J connectivity index is 3.68. The van der Waals surface area contributed by atoms with Gasteiger partial charge in [0.1, 0.15) is 5.02 Å². The SMILES string of the molecule is Fc1c(Cl)c(F)c(Cl)c(C(F)(F)F)c1Cl. The lowest BCUT2D eigenvalue weighted by molar-refractivity contribution is -0.137. The molecular weight excluding hydrogens is 285 g/mol. The van der Waals surface area contributed by atoms with Gasteiger partial charge in [0.15, 0.2) is 11.6 Å². The Kier molecular flexibility index (Phi) is 3.38. The lowest BCUT2D eigenvalue weighted by Crippen LogP contribution is -2.10. The van der Waals surface area contributed by atoms with E-state index < -0.39 is 38.4 Å². The van der Waals surface area contributed by atoms with E-state index in [1.54, 1.807) is 0 Å². The Labute approximate surface area is 95.5 Å². The van der Waals surface area contributed by atoms with Crippen LogP contribution in [0.1, 0.15) is 5.56 Å². The average Bonchev–Trinajstić information content (AvgIpc) is 2.09. The van der Waals surface area contributed by atoms with Gasteiger partial charge in [0, 0.05) is 0 Å². The van der Waals surface area contributed by atoms with E-state index in [4.69, 9.17) is 34.8 Å². The van der Waals surface area contributed by atoms with Gasteiger partial charge in [-0.15, -0.1) is 0 Å². The van der Waals surface area contributed by atoms with Gasteiger partial charge in [0.05, 0.1) is 15.6 Å². The molecule has 8 heteroatoms. The average molecular weight is 285 g/mol. The smallest absolute Gasteiger partial charge is 0.204 e. The van der Waals surface area contributed by atoms with E-state index in [2.05, 4.69) is 0 Å². The van der Waals surface area contributed by atoms with Crippen molar-refractivity contribution in [1.82, 2.24) is 0 Å². The molecule has 0 unspecified atom stereocenters. The molecule has 84 valence electrons. The number of alkyl halides is 3. The molecule has 0 aliphatic heterocycles. The number of rotatable bonds is 0. The van der Waals surface area contributed by atoms with E-state index in [0.29, 0.717) is 0 Å². The summed E-state index contributed by atoms with van der Waals surface area (Å²) in [6, 6.07) is 0. The first-order chi connectivity index (χ1) is 6.68. The zero-order valence-electron chi connectivity index (χ0n) is 6.52. The highest BCUT2D eigenvalue weighted by molar-refractivity contribution is 6.39. The van der Waals surface area contributed by atoms with Gasteiger partial charge in [-0.1, -0.05) is 34.8 Å². The van der Waals surface area contributed by atoms with Crippen LogP contribution in [0.4, 0.5) is 22.0 Å². The van der Waals surface area contributed by atoms with Crippen molar-refractivity contribution < 1.29 is 22.0 Å². The molecule has 1 rings (SSSR count). The molecule has 0 bridgehead atoms. The Morgan fingerprint density at radius 3 is 1.33 bits per heavy atom. The second kappa shape index (κ2) is 3.96. The highest BCUT2D eigenvalue weighted by Gasteiger charge is 2.39. The van der Waals surface area contributed by atoms with E-state index in [0.717, 1.165) is 0 Å². The number of hydrogen-bond acceptors (Lipinski definition) is 0. The molecule has 1 aromatic carbocycles. The molecule has 0 nitrogen and oxygen atoms in total. The van der Waals surface area contributed by atoms with Crippen LogP contribution in [0.3, 0.4) is 0 Å². The van der Waals surface area contributed by atoms with Gasteiger partial charge in [-0.3, -0.25) is 0 Å². The van der Waals surface area contributed by atoms with E-state index in [1.807, 2.05) is 0 Å². The van der Waals surface area contributed by atoms with Crippen LogP contribution in [-0.2, 0) is 6.18 Å². The molecule has 0 amide bonds. The molecular formula is C7Cl3F5. The quantitative estimate of drug-likeness (QED) is 0.360. The first kappa shape index (κ1) is 12.8. The van der Waals surface area contributed by atoms with E-state index in [1.165, 1.54) is 0 Å². The minimum absolute atomic E-state index is 1.17. The topological polar surface area (TPSA) is 0 Å². The van der Waals surface area contributed by atoms with E-state index in [9.17, 15) is 22.0 Å². The molecule has 1 aromatic rings. The van der Waals surface area contributed by atoms with Gasteiger partial charge in [0.25, 0.3) is 0 Å². The van der Waals surface area contributed by atoms with Gasteiger partial charge in [-0.2, -0.15) is 13.2 Å². The first-order valence-electron chi connectivity index (χ1n) is 3.26. The molecule has 0 aliphatic rings. The summed E-state index contributed by atoms with van der Waals surface area (Å²) >= 11 is 15.1. The number of hydrogen-bond donors (Lipinski definition) is 0. The Morgan fingerprint density at radius 2 is 1.07 bits per heavy atom. The monoisotopic (exact) mass is 284 g/mol. The van der Waals surface area contributed by atoms with Crippen LogP contribution in [0.5, 0.6) is 0 Å². The van der Waals surface area contributed by atoms with Crippen molar-refractivity contribution >= 4 is 34.8 Å². The number of halogens is 8. The summed E-state index contributed by atoms with van der Waals surface area (Å²) in [5.74, 6) is -3.37. The van der Waals surface area contributed by atoms with Crippen molar-refractivity contribution in [2.45, 2.75) is 6.18 Å². The first-order valence-corrected chi connectivity index (χ1v) is 4.40. The second-order valence-electron chi connectivity index (χ2n) is 2.44. The predicted octanol–water partition coefficient (Wildman–Crippen LogP) is 4.94. The lowest BCUT2D eigenvalue weighted by Gasteiger charge is -2.13. The summed E-state index contributed by atoms with van der Waals surface area (Å²) in [7, 11) is 0. The molecule has 0 saturated carbocycles. The summed E-state index contributed by atoms with van der Waals surface area (Å²) in [5.41, 5.74) is -1.77. The molecule has 15 heavy (non-hydrogen) atoms. The van der Waals surface area contributed by atoms with Crippen LogP contribution >= 0.6 is 34.8 Å². The highest BCUT2D eigenvalue weighted by Crippen LogP contribution is 2.44. The molecule has 0 N–H and O–H groups in total. The summed E-state index contributed by atoms with van der Waals surface area (Å²) in [6.45, 7) is 0. The van der Waals surface area contributed by atoms with Crippen LogP contribution < -0.4 is 0 Å². The maximum Gasteiger partial charge on any atom is 0.419 e. The second-order valence-corrected chi connectivity index (χ2v) is 3.58. The molecule has 0 atom stereocenters. The molecule has 0 fully saturated rings. The van der Waals surface area contributed by atoms with Crippen molar-refractivity contribution in [2.75, 3.05) is 0 Å². The molecule has 0 aliphatic carbocycles. The van der Waals surface area contributed by atoms with Crippen molar-refractivity contribution in [2.24, 2.45) is 0 Å². The van der Waals surface area contributed by atoms with Gasteiger partial charge in [-0.25, -0.2) is 8.78 Å². The Bertz CT molecular complexity index is 383. The van der Waals surface area contributed by atoms with Crippen molar-refractivity contribution in [3.63, 3.8) is 0 Å². The van der Waals surface area contributed by atoms with E-state index >= 15 is 0 Å².